The fourth-order valence-corrected chi connectivity index (χ4v) is 0. The predicted molar refractivity (Wildman–Crippen MR) is 22.7 cm³/mol. The first-order valence-corrected chi connectivity index (χ1v) is 0.928. The Balaban J connectivity index is -0.0000000450. The van der Waals surface area contributed by atoms with E-state index in [0.717, 1.165) is 6.92 Å². The third-order valence-electron chi connectivity index (χ3n) is 0. The summed E-state index contributed by atoms with van der Waals surface area (Å²) >= 11 is 0. The summed E-state index contributed by atoms with van der Waals surface area (Å²) < 4.78 is 0. The largest absolute Gasteiger partial charge is 0.481 e. The predicted octanol–water partition coefficient (Wildman–Crippen LogP) is -1.11. The van der Waals surface area contributed by atoms with Gasteiger partial charge in [0.25, 0.3) is 5.97 Å². The van der Waals surface area contributed by atoms with Crippen LogP contribution in [0.25, 0.3) is 0 Å². The van der Waals surface area contributed by atoms with Crippen LogP contribution in [0.4, 0.5) is 0 Å². The van der Waals surface area contributed by atoms with Crippen LogP contribution in [0.15, 0.2) is 0 Å². The second kappa shape index (κ2) is 9.19. The second-order valence-corrected chi connectivity index (χ2v) is 0.519. The summed E-state index contributed by atoms with van der Waals surface area (Å²) in [6, 6.07) is 0. The first-order valence-electron chi connectivity index (χ1n) is 0.928. The molecule has 6 heavy (non-hydrogen) atoms. The molecule has 0 bridgehead atoms. The maximum atomic E-state index is 9.00. The van der Waals surface area contributed by atoms with Gasteiger partial charge in [-0.3, -0.25) is 4.79 Å². The first kappa shape index (κ1) is 15.9. The van der Waals surface area contributed by atoms with E-state index in [9.17, 15) is 0 Å². The number of hydrogen-bond donors (Lipinski definition) is 1. The SMILES string of the molecule is CC(=O)O.O.[Ca]. The van der Waals surface area contributed by atoms with Crippen LogP contribution in [-0.4, -0.2) is 54.3 Å². The van der Waals surface area contributed by atoms with E-state index in [0.29, 0.717) is 0 Å². The number of carboxylic acid groups (broad SMARTS) is 1. The molecule has 0 aliphatic carbocycles. The van der Waals surface area contributed by atoms with Crippen LogP contribution in [-0.2, 0) is 4.79 Å². The Morgan fingerprint density at radius 3 is 1.67 bits per heavy atom. The van der Waals surface area contributed by atoms with Gasteiger partial charge in [-0.2, -0.15) is 0 Å². The van der Waals surface area contributed by atoms with Crippen LogP contribution in [0.2, 0.25) is 0 Å². The molecule has 0 aromatic carbocycles. The van der Waals surface area contributed by atoms with Crippen LogP contribution < -0.4 is 0 Å². The van der Waals surface area contributed by atoms with Crippen molar-refractivity contribution in [2.24, 2.45) is 0 Å². The third-order valence-corrected chi connectivity index (χ3v) is 0. The van der Waals surface area contributed by atoms with Crippen molar-refractivity contribution < 1.29 is 15.4 Å². The molecule has 0 amide bonds. The molecule has 0 aliphatic heterocycles. The van der Waals surface area contributed by atoms with E-state index < -0.39 is 5.97 Å². The Morgan fingerprint density at radius 2 is 1.67 bits per heavy atom. The quantitative estimate of drug-likeness (QED) is 0.409. The molecule has 0 saturated heterocycles. The van der Waals surface area contributed by atoms with Crippen LogP contribution in [0.3, 0.4) is 0 Å². The van der Waals surface area contributed by atoms with Gasteiger partial charge in [0, 0.05) is 44.7 Å². The van der Waals surface area contributed by atoms with Gasteiger partial charge in [0.15, 0.2) is 0 Å². The summed E-state index contributed by atoms with van der Waals surface area (Å²) in [6.07, 6.45) is 0. The fourth-order valence-electron chi connectivity index (χ4n) is 0. The maximum absolute atomic E-state index is 9.00. The number of hydrogen-bond acceptors (Lipinski definition) is 1. The van der Waals surface area contributed by atoms with Crippen molar-refractivity contribution in [3.8, 4) is 0 Å². The monoisotopic (exact) mass is 118 g/mol. The topological polar surface area (TPSA) is 68.8 Å². The molecule has 0 aromatic heterocycles. The summed E-state index contributed by atoms with van der Waals surface area (Å²) in [7, 11) is 0. The molecule has 4 heteroatoms. The van der Waals surface area contributed by atoms with Crippen molar-refractivity contribution in [3.05, 3.63) is 0 Å². The molecule has 0 aromatic rings. The summed E-state index contributed by atoms with van der Waals surface area (Å²) in [4.78, 5) is 9.00. The minimum atomic E-state index is -0.833. The summed E-state index contributed by atoms with van der Waals surface area (Å²) in [5.74, 6) is -0.833. The third kappa shape index (κ3) is 134. The molecule has 0 atom stereocenters. The van der Waals surface area contributed by atoms with Gasteiger partial charge < -0.3 is 10.6 Å². The Kier molecular flexibility index (Phi) is 24.4. The van der Waals surface area contributed by atoms with Gasteiger partial charge in [-0.1, -0.05) is 0 Å². The van der Waals surface area contributed by atoms with Gasteiger partial charge in [-0.25, -0.2) is 0 Å². The van der Waals surface area contributed by atoms with Crippen molar-refractivity contribution in [2.45, 2.75) is 6.92 Å². The summed E-state index contributed by atoms with van der Waals surface area (Å²) in [5.41, 5.74) is 0. The van der Waals surface area contributed by atoms with Crippen molar-refractivity contribution >= 4 is 43.7 Å². The van der Waals surface area contributed by atoms with E-state index in [4.69, 9.17) is 9.90 Å². The van der Waals surface area contributed by atoms with Gasteiger partial charge in [-0.15, -0.1) is 0 Å². The van der Waals surface area contributed by atoms with Crippen molar-refractivity contribution in [1.82, 2.24) is 0 Å². The number of carbonyl (C=O) groups is 1. The molecule has 3 N–H and O–H groups in total. The maximum Gasteiger partial charge on any atom is 0.300 e. The summed E-state index contributed by atoms with van der Waals surface area (Å²) in [6.45, 7) is 1.08. The zero-order valence-corrected chi connectivity index (χ0v) is 5.77. The molecule has 0 spiro atoms. The van der Waals surface area contributed by atoms with Gasteiger partial charge in [-0.05, 0) is 0 Å². The zero-order valence-electron chi connectivity index (χ0n) is 3.56. The first-order chi connectivity index (χ1) is 1.73. The van der Waals surface area contributed by atoms with E-state index in [2.05, 4.69) is 0 Å². The number of rotatable bonds is 0. The van der Waals surface area contributed by atoms with Gasteiger partial charge in [0.05, 0.1) is 0 Å². The Bertz CT molecular complexity index is 31.8. The van der Waals surface area contributed by atoms with E-state index in [1.807, 2.05) is 0 Å². The van der Waals surface area contributed by atoms with Crippen LogP contribution in [0.5, 0.6) is 0 Å². The Labute approximate surface area is 65.7 Å². The van der Waals surface area contributed by atoms with E-state index in [-0.39, 0.29) is 43.2 Å². The number of carboxylic acids is 1. The Hall–Kier alpha value is 0.690. The molecule has 3 nitrogen and oxygen atoms in total. The molecule has 0 fully saturated rings. The van der Waals surface area contributed by atoms with E-state index in [1.54, 1.807) is 0 Å². The fraction of sp³-hybridized carbons (Fsp3) is 0.500. The molecular formula is C2H6CaO3. The van der Waals surface area contributed by atoms with Crippen molar-refractivity contribution in [2.75, 3.05) is 0 Å². The van der Waals surface area contributed by atoms with Gasteiger partial charge >= 0.3 is 0 Å². The molecule has 0 heterocycles. The number of aliphatic carboxylic acids is 1. The average Bonchev–Trinajstić information content (AvgIpc) is 0.811. The summed E-state index contributed by atoms with van der Waals surface area (Å²) in [5, 5.41) is 7.42. The van der Waals surface area contributed by atoms with Crippen LogP contribution in [0, 0.1) is 0 Å². The molecule has 0 unspecified atom stereocenters. The standard InChI is InChI=1S/C2H4O2.Ca.H2O/c1-2(3)4;;/h1H3,(H,3,4);;1H2. The zero-order chi connectivity index (χ0) is 3.58. The molecule has 0 aliphatic rings. The Morgan fingerprint density at radius 1 is 1.67 bits per heavy atom. The van der Waals surface area contributed by atoms with E-state index >= 15 is 0 Å². The molecule has 34 valence electrons. The van der Waals surface area contributed by atoms with E-state index in [1.165, 1.54) is 0 Å². The van der Waals surface area contributed by atoms with Gasteiger partial charge in [0.2, 0.25) is 0 Å². The molecular weight excluding hydrogens is 112 g/mol. The van der Waals surface area contributed by atoms with Crippen LogP contribution >= 0.6 is 0 Å². The van der Waals surface area contributed by atoms with Crippen molar-refractivity contribution in [1.29, 1.82) is 0 Å². The van der Waals surface area contributed by atoms with Crippen LogP contribution in [0.1, 0.15) is 6.92 Å². The molecule has 0 saturated carbocycles. The normalized spacial score (nSPS) is 4.17. The van der Waals surface area contributed by atoms with Gasteiger partial charge in [0.1, 0.15) is 0 Å². The average molecular weight is 118 g/mol. The second-order valence-electron chi connectivity index (χ2n) is 0.519. The van der Waals surface area contributed by atoms with Crippen molar-refractivity contribution in [3.63, 3.8) is 0 Å². The molecule has 2 radical (unpaired) electrons. The minimum absolute atomic E-state index is 0. The smallest absolute Gasteiger partial charge is 0.300 e. The minimum Gasteiger partial charge on any atom is -0.481 e. The molecule has 0 rings (SSSR count).